The fraction of sp³-hybridized carbons (Fsp3) is 0.429. The van der Waals surface area contributed by atoms with Crippen molar-refractivity contribution in [3.63, 3.8) is 0 Å². The van der Waals surface area contributed by atoms with Crippen molar-refractivity contribution in [2.24, 2.45) is 5.41 Å². The second-order valence-corrected chi connectivity index (χ2v) is 9.90. The van der Waals surface area contributed by atoms with Gasteiger partial charge in [0.1, 0.15) is 11.5 Å². The zero-order chi connectivity index (χ0) is 21.2. The molecule has 0 bridgehead atoms. The first-order chi connectivity index (χ1) is 13.6. The maximum Gasteiger partial charge on any atom is 0.251 e. The first-order valence-corrected chi connectivity index (χ1v) is 11.0. The summed E-state index contributed by atoms with van der Waals surface area (Å²) in [7, 11) is -3.70. The normalized spacial score (nSPS) is 17.9. The smallest absolute Gasteiger partial charge is 0.251 e. The van der Waals surface area contributed by atoms with Crippen molar-refractivity contribution >= 4 is 15.9 Å². The minimum absolute atomic E-state index is 0.00225. The number of furan rings is 1. The van der Waals surface area contributed by atoms with E-state index >= 15 is 0 Å². The highest BCUT2D eigenvalue weighted by Crippen LogP contribution is 2.42. The Morgan fingerprint density at radius 3 is 2.66 bits per heavy atom. The van der Waals surface area contributed by atoms with Gasteiger partial charge in [-0.25, -0.2) is 13.1 Å². The zero-order valence-corrected chi connectivity index (χ0v) is 17.6. The summed E-state index contributed by atoms with van der Waals surface area (Å²) >= 11 is 0. The molecule has 2 aromatic rings. The van der Waals surface area contributed by atoms with E-state index in [2.05, 4.69) is 23.9 Å². The first kappa shape index (κ1) is 21.1. The lowest BCUT2D eigenvalue weighted by Gasteiger charge is -2.34. The number of nitriles is 1. The van der Waals surface area contributed by atoms with Crippen molar-refractivity contribution < 1.29 is 17.6 Å². The third kappa shape index (κ3) is 4.86. The van der Waals surface area contributed by atoms with Crippen LogP contribution in [0.15, 0.2) is 39.6 Å². The van der Waals surface area contributed by atoms with Crippen molar-refractivity contribution in [2.75, 3.05) is 6.54 Å². The molecule has 1 heterocycles. The number of carbonyl (C=O) groups excluding carboxylic acids is 1. The first-order valence-electron chi connectivity index (χ1n) is 9.48. The van der Waals surface area contributed by atoms with E-state index < -0.39 is 10.0 Å². The number of carbonyl (C=O) groups is 1. The minimum atomic E-state index is -3.70. The maximum absolute atomic E-state index is 12.8. The number of hydrogen-bond donors (Lipinski definition) is 2. The number of rotatable bonds is 6. The molecular weight excluding hydrogens is 390 g/mol. The Morgan fingerprint density at radius 1 is 1.31 bits per heavy atom. The van der Waals surface area contributed by atoms with E-state index in [-0.39, 0.29) is 35.2 Å². The molecule has 1 atom stereocenters. The van der Waals surface area contributed by atoms with Crippen molar-refractivity contribution in [2.45, 2.75) is 51.0 Å². The molecule has 3 rings (SSSR count). The molecule has 1 aromatic carbocycles. The Morgan fingerprint density at radius 2 is 2.00 bits per heavy atom. The summed E-state index contributed by atoms with van der Waals surface area (Å²) in [5.74, 6) is 1.47. The molecule has 154 valence electrons. The molecular formula is C21H25N3O4S. The molecule has 1 aromatic heterocycles. The number of sulfonamides is 1. The molecule has 7 nitrogen and oxygen atoms in total. The molecule has 2 N–H and O–H groups in total. The molecule has 0 spiro atoms. The Hall–Kier alpha value is -2.63. The van der Waals surface area contributed by atoms with Crippen LogP contribution in [0.25, 0.3) is 0 Å². The predicted molar refractivity (Wildman–Crippen MR) is 108 cm³/mol. The Labute approximate surface area is 171 Å². The van der Waals surface area contributed by atoms with E-state index in [4.69, 9.17) is 9.68 Å². The number of benzene rings is 1. The van der Waals surface area contributed by atoms with Crippen LogP contribution in [0, 0.1) is 23.7 Å². The Kier molecular flexibility index (Phi) is 5.82. The molecule has 0 saturated carbocycles. The van der Waals surface area contributed by atoms with Gasteiger partial charge < -0.3 is 9.73 Å². The van der Waals surface area contributed by atoms with Crippen molar-refractivity contribution in [1.29, 1.82) is 5.26 Å². The summed E-state index contributed by atoms with van der Waals surface area (Å²) in [4.78, 5) is 12.8. The van der Waals surface area contributed by atoms with Gasteiger partial charge in [0.05, 0.1) is 17.0 Å². The van der Waals surface area contributed by atoms with Gasteiger partial charge >= 0.3 is 0 Å². The van der Waals surface area contributed by atoms with Crippen molar-refractivity contribution in [3.05, 3.63) is 53.0 Å². The molecule has 0 radical (unpaired) electrons. The summed E-state index contributed by atoms with van der Waals surface area (Å²) < 4.78 is 32.5. The van der Waals surface area contributed by atoms with Crippen LogP contribution in [0.1, 0.15) is 60.2 Å². The van der Waals surface area contributed by atoms with E-state index in [9.17, 15) is 13.2 Å². The third-order valence-electron chi connectivity index (χ3n) is 5.00. The lowest BCUT2D eigenvalue weighted by atomic mass is 9.74. The molecule has 1 aliphatic rings. The van der Waals surface area contributed by atoms with E-state index in [1.807, 2.05) is 19.1 Å². The quantitative estimate of drug-likeness (QED) is 0.704. The third-order valence-corrected chi connectivity index (χ3v) is 6.47. The summed E-state index contributed by atoms with van der Waals surface area (Å²) in [5, 5.41) is 11.6. The van der Waals surface area contributed by atoms with E-state index in [1.54, 1.807) is 0 Å². The van der Waals surface area contributed by atoms with E-state index in [1.165, 1.54) is 24.3 Å². The highest BCUT2D eigenvalue weighted by Gasteiger charge is 2.35. The monoisotopic (exact) mass is 415 g/mol. The minimum Gasteiger partial charge on any atom is -0.466 e. The summed E-state index contributed by atoms with van der Waals surface area (Å²) in [6, 6.07) is 9.46. The average Bonchev–Trinajstić information content (AvgIpc) is 3.01. The number of fused-ring (bicyclic) bond motifs is 1. The van der Waals surface area contributed by atoms with Crippen LogP contribution in [0.3, 0.4) is 0 Å². The maximum atomic E-state index is 12.8. The lowest BCUT2D eigenvalue weighted by molar-refractivity contribution is 0.0917. The van der Waals surface area contributed by atoms with Gasteiger partial charge in [0.25, 0.3) is 5.91 Å². The number of hydrogen-bond acceptors (Lipinski definition) is 5. The number of nitrogens with one attached hydrogen (secondary N) is 2. The molecule has 1 amide bonds. The van der Waals surface area contributed by atoms with Gasteiger partial charge in [0.15, 0.2) is 0 Å². The second-order valence-electron chi connectivity index (χ2n) is 8.14. The van der Waals surface area contributed by atoms with Crippen LogP contribution in [0.5, 0.6) is 0 Å². The van der Waals surface area contributed by atoms with E-state index in [0.29, 0.717) is 5.56 Å². The predicted octanol–water partition coefficient (Wildman–Crippen LogP) is 3.22. The van der Waals surface area contributed by atoms with Crippen LogP contribution < -0.4 is 10.0 Å². The molecule has 1 aliphatic carbocycles. The molecule has 0 aliphatic heterocycles. The van der Waals surface area contributed by atoms with Crippen LogP contribution >= 0.6 is 0 Å². The standard InChI is InChI=1S/C21H25N3O4S/c1-14-11-17-18(12-21(2,3)13-19(17)28-14)24-20(25)15-5-7-16(8-6-15)29(26,27)23-10-4-9-22/h5-8,11,18,23H,4,10,12-13H2,1-3H3,(H,24,25). The topological polar surface area (TPSA) is 112 Å². The van der Waals surface area contributed by atoms with Crippen LogP contribution in [-0.2, 0) is 16.4 Å². The second kappa shape index (κ2) is 8.01. The Balaban J connectivity index is 1.74. The van der Waals surface area contributed by atoms with Crippen molar-refractivity contribution in [3.8, 4) is 6.07 Å². The highest BCUT2D eigenvalue weighted by molar-refractivity contribution is 7.89. The summed E-state index contributed by atoms with van der Waals surface area (Å²) in [6.07, 6.45) is 1.71. The lowest BCUT2D eigenvalue weighted by Crippen LogP contribution is -2.36. The molecule has 0 fully saturated rings. The summed E-state index contributed by atoms with van der Waals surface area (Å²) in [6.45, 7) is 6.23. The number of nitrogens with zero attached hydrogens (tertiary/aromatic N) is 1. The van der Waals surface area contributed by atoms with Gasteiger partial charge in [-0.1, -0.05) is 13.8 Å². The van der Waals surface area contributed by atoms with Crippen LogP contribution in [0.2, 0.25) is 0 Å². The van der Waals surface area contributed by atoms with Gasteiger partial charge in [-0.05, 0) is 49.1 Å². The SMILES string of the molecule is Cc1cc2c(o1)CC(C)(C)CC2NC(=O)c1ccc(S(=O)(=O)NCCC#N)cc1. The average molecular weight is 416 g/mol. The van der Waals surface area contributed by atoms with Gasteiger partial charge in [0, 0.05) is 30.5 Å². The Bertz CT molecular complexity index is 1050. The van der Waals surface area contributed by atoms with Gasteiger partial charge in [0.2, 0.25) is 10.0 Å². The molecule has 0 saturated heterocycles. The number of amides is 1. The fourth-order valence-electron chi connectivity index (χ4n) is 3.67. The molecule has 1 unspecified atom stereocenters. The number of aryl methyl sites for hydroxylation is 1. The highest BCUT2D eigenvalue weighted by atomic mass is 32.2. The van der Waals surface area contributed by atoms with E-state index in [0.717, 1.165) is 29.9 Å². The van der Waals surface area contributed by atoms with Crippen molar-refractivity contribution in [1.82, 2.24) is 10.0 Å². The van der Waals surface area contributed by atoms with Crippen LogP contribution in [0.4, 0.5) is 0 Å². The van der Waals surface area contributed by atoms with Gasteiger partial charge in [-0.3, -0.25) is 4.79 Å². The van der Waals surface area contributed by atoms with Gasteiger partial charge in [-0.15, -0.1) is 0 Å². The van der Waals surface area contributed by atoms with Gasteiger partial charge in [-0.2, -0.15) is 5.26 Å². The summed E-state index contributed by atoms with van der Waals surface area (Å²) in [5.41, 5.74) is 1.39. The molecule has 29 heavy (non-hydrogen) atoms. The van der Waals surface area contributed by atoms with Crippen LogP contribution in [-0.4, -0.2) is 20.9 Å². The zero-order valence-electron chi connectivity index (χ0n) is 16.8. The fourth-order valence-corrected chi connectivity index (χ4v) is 4.70. The largest absolute Gasteiger partial charge is 0.466 e. The molecule has 8 heteroatoms.